The molecule has 2 rings (SSSR count). The van der Waals surface area contributed by atoms with Crippen LogP contribution in [-0.4, -0.2) is 38.5 Å². The Morgan fingerprint density at radius 1 is 1.17 bits per heavy atom. The SMILES string of the molecule is C=CCc1cc(C(=O)OCC(=O)c2ccc(CNC(C)=O)s2)cc(OC)c1OC. The second-order valence-electron chi connectivity index (χ2n) is 6.04. The number of ketones is 1. The van der Waals surface area contributed by atoms with Crippen molar-refractivity contribution in [1.82, 2.24) is 5.32 Å². The van der Waals surface area contributed by atoms with Crippen molar-refractivity contribution < 1.29 is 28.6 Å². The number of rotatable bonds is 10. The Morgan fingerprint density at radius 3 is 2.55 bits per heavy atom. The van der Waals surface area contributed by atoms with E-state index in [4.69, 9.17) is 14.2 Å². The van der Waals surface area contributed by atoms with Crippen molar-refractivity contribution in [2.45, 2.75) is 19.9 Å². The summed E-state index contributed by atoms with van der Waals surface area (Å²) in [6.45, 7) is 5.09. The van der Waals surface area contributed by atoms with Crippen LogP contribution in [0.25, 0.3) is 0 Å². The number of carbonyl (C=O) groups excluding carboxylic acids is 3. The molecule has 29 heavy (non-hydrogen) atoms. The van der Waals surface area contributed by atoms with Gasteiger partial charge in [-0.3, -0.25) is 9.59 Å². The fraction of sp³-hybridized carbons (Fsp3) is 0.286. The number of allylic oxidation sites excluding steroid dienone is 1. The molecule has 0 aliphatic carbocycles. The molecule has 154 valence electrons. The molecule has 0 bridgehead atoms. The Balaban J connectivity index is 2.06. The molecule has 8 heteroatoms. The van der Waals surface area contributed by atoms with E-state index in [0.717, 1.165) is 10.4 Å². The van der Waals surface area contributed by atoms with Crippen LogP contribution in [0.15, 0.2) is 36.9 Å². The number of ether oxygens (including phenoxy) is 3. The van der Waals surface area contributed by atoms with Gasteiger partial charge in [-0.1, -0.05) is 6.08 Å². The van der Waals surface area contributed by atoms with E-state index in [-0.39, 0.29) is 23.9 Å². The summed E-state index contributed by atoms with van der Waals surface area (Å²) in [5.41, 5.74) is 0.978. The molecule has 2 aromatic rings. The highest BCUT2D eigenvalue weighted by molar-refractivity contribution is 7.14. The Hall–Kier alpha value is -3.13. The lowest BCUT2D eigenvalue weighted by Crippen LogP contribution is -2.18. The lowest BCUT2D eigenvalue weighted by molar-refractivity contribution is -0.119. The van der Waals surface area contributed by atoms with Gasteiger partial charge in [-0.25, -0.2) is 4.79 Å². The van der Waals surface area contributed by atoms with Crippen LogP contribution in [0, 0.1) is 0 Å². The minimum Gasteiger partial charge on any atom is -0.493 e. The summed E-state index contributed by atoms with van der Waals surface area (Å²) >= 11 is 1.25. The zero-order valence-corrected chi connectivity index (χ0v) is 17.4. The average molecular weight is 417 g/mol. The molecule has 0 spiro atoms. The van der Waals surface area contributed by atoms with E-state index in [1.807, 2.05) is 0 Å². The first-order valence-electron chi connectivity index (χ1n) is 8.78. The predicted octanol–water partition coefficient (Wildman–Crippen LogP) is 3.17. The average Bonchev–Trinajstić information content (AvgIpc) is 3.19. The second kappa shape index (κ2) is 10.4. The fourth-order valence-electron chi connectivity index (χ4n) is 2.59. The van der Waals surface area contributed by atoms with Crippen LogP contribution in [0.4, 0.5) is 0 Å². The van der Waals surface area contributed by atoms with E-state index in [1.54, 1.807) is 24.3 Å². The van der Waals surface area contributed by atoms with E-state index in [0.29, 0.717) is 29.3 Å². The molecular formula is C21H23NO6S. The normalized spacial score (nSPS) is 10.2. The third kappa shape index (κ3) is 5.92. The van der Waals surface area contributed by atoms with Crippen molar-refractivity contribution in [2.75, 3.05) is 20.8 Å². The maximum absolute atomic E-state index is 12.4. The summed E-state index contributed by atoms with van der Waals surface area (Å²) < 4.78 is 15.8. The maximum atomic E-state index is 12.4. The minimum absolute atomic E-state index is 0.147. The molecule has 0 fully saturated rings. The first-order chi connectivity index (χ1) is 13.9. The van der Waals surface area contributed by atoms with Crippen LogP contribution in [-0.2, 0) is 22.5 Å². The van der Waals surface area contributed by atoms with Crippen LogP contribution in [0.3, 0.4) is 0 Å². The number of Topliss-reactive ketones (excluding diaryl/α,β-unsaturated/α-hetero) is 1. The number of methoxy groups -OCH3 is 2. The first-order valence-corrected chi connectivity index (χ1v) is 9.60. The molecule has 1 aromatic heterocycles. The summed E-state index contributed by atoms with van der Waals surface area (Å²) in [7, 11) is 2.99. The van der Waals surface area contributed by atoms with Crippen LogP contribution >= 0.6 is 11.3 Å². The Labute approximate surface area is 173 Å². The van der Waals surface area contributed by atoms with E-state index < -0.39 is 5.97 Å². The fourth-order valence-corrected chi connectivity index (χ4v) is 3.46. The van der Waals surface area contributed by atoms with Gasteiger partial charge in [0.05, 0.1) is 31.2 Å². The second-order valence-corrected chi connectivity index (χ2v) is 7.21. The highest BCUT2D eigenvalue weighted by Gasteiger charge is 2.18. The maximum Gasteiger partial charge on any atom is 0.338 e. The van der Waals surface area contributed by atoms with E-state index in [9.17, 15) is 14.4 Å². The number of esters is 1. The third-order valence-electron chi connectivity index (χ3n) is 3.94. The number of hydrogen-bond acceptors (Lipinski definition) is 7. The highest BCUT2D eigenvalue weighted by atomic mass is 32.1. The molecule has 0 radical (unpaired) electrons. The number of thiophene rings is 1. The third-order valence-corrected chi connectivity index (χ3v) is 5.06. The van der Waals surface area contributed by atoms with E-state index >= 15 is 0 Å². The number of nitrogens with one attached hydrogen (secondary N) is 1. The summed E-state index contributed by atoms with van der Waals surface area (Å²) in [6, 6.07) is 6.55. The molecule has 1 heterocycles. The van der Waals surface area contributed by atoms with Crippen molar-refractivity contribution in [3.63, 3.8) is 0 Å². The zero-order chi connectivity index (χ0) is 21.4. The first kappa shape index (κ1) is 22.2. The predicted molar refractivity (Wildman–Crippen MR) is 110 cm³/mol. The van der Waals surface area contributed by atoms with Gasteiger partial charge in [0, 0.05) is 17.4 Å². The van der Waals surface area contributed by atoms with Gasteiger partial charge in [0.1, 0.15) is 0 Å². The lowest BCUT2D eigenvalue weighted by Gasteiger charge is -2.14. The molecule has 1 N–H and O–H groups in total. The van der Waals surface area contributed by atoms with Crippen molar-refractivity contribution in [3.8, 4) is 11.5 Å². The van der Waals surface area contributed by atoms with E-state index in [2.05, 4.69) is 11.9 Å². The standard InChI is InChI=1S/C21H23NO6S/c1-5-6-14-9-15(10-18(26-3)20(14)27-4)21(25)28-12-17(24)19-8-7-16(29-19)11-22-13(2)23/h5,7-10H,1,6,11-12H2,2-4H3,(H,22,23). The Bertz CT molecular complexity index is 918. The van der Waals surface area contributed by atoms with Crippen molar-refractivity contribution in [1.29, 1.82) is 0 Å². The summed E-state index contributed by atoms with van der Waals surface area (Å²) in [5.74, 6) is -0.189. The lowest BCUT2D eigenvalue weighted by atomic mass is 10.1. The summed E-state index contributed by atoms with van der Waals surface area (Å²) in [4.78, 5) is 37.0. The van der Waals surface area contributed by atoms with Crippen LogP contribution in [0.1, 0.15) is 37.4 Å². The molecule has 0 unspecified atom stereocenters. The van der Waals surface area contributed by atoms with Gasteiger partial charge in [0.25, 0.3) is 0 Å². The largest absolute Gasteiger partial charge is 0.493 e. The molecule has 1 aromatic carbocycles. The quantitative estimate of drug-likeness (QED) is 0.363. The van der Waals surface area contributed by atoms with Gasteiger partial charge < -0.3 is 19.5 Å². The molecule has 0 saturated heterocycles. The minimum atomic E-state index is -0.639. The number of hydrogen-bond donors (Lipinski definition) is 1. The van der Waals surface area contributed by atoms with Crippen LogP contribution in [0.2, 0.25) is 0 Å². The van der Waals surface area contributed by atoms with Gasteiger partial charge in [-0.2, -0.15) is 0 Å². The van der Waals surface area contributed by atoms with Crippen molar-refractivity contribution in [3.05, 3.63) is 57.8 Å². The van der Waals surface area contributed by atoms with Gasteiger partial charge >= 0.3 is 5.97 Å². The number of benzene rings is 1. The van der Waals surface area contributed by atoms with E-state index in [1.165, 1.54) is 38.5 Å². The molecule has 0 atom stereocenters. The zero-order valence-electron chi connectivity index (χ0n) is 16.6. The molecule has 0 aliphatic rings. The Kier molecular flexibility index (Phi) is 7.97. The topological polar surface area (TPSA) is 90.9 Å². The molecule has 7 nitrogen and oxygen atoms in total. The Morgan fingerprint density at radius 2 is 1.93 bits per heavy atom. The van der Waals surface area contributed by atoms with Gasteiger partial charge in [-0.05, 0) is 30.7 Å². The number of amides is 1. The molecule has 0 saturated carbocycles. The van der Waals surface area contributed by atoms with Crippen LogP contribution in [0.5, 0.6) is 11.5 Å². The van der Waals surface area contributed by atoms with Gasteiger partial charge in [0.2, 0.25) is 11.7 Å². The molecule has 0 aliphatic heterocycles. The smallest absolute Gasteiger partial charge is 0.338 e. The van der Waals surface area contributed by atoms with Gasteiger partial charge in [0.15, 0.2) is 18.1 Å². The summed E-state index contributed by atoms with van der Waals surface area (Å²) in [6.07, 6.45) is 2.16. The molecule has 1 amide bonds. The van der Waals surface area contributed by atoms with Gasteiger partial charge in [-0.15, -0.1) is 17.9 Å². The highest BCUT2D eigenvalue weighted by Crippen LogP contribution is 2.33. The van der Waals surface area contributed by atoms with Crippen LogP contribution < -0.4 is 14.8 Å². The molecular weight excluding hydrogens is 394 g/mol. The van der Waals surface area contributed by atoms with Crippen molar-refractivity contribution in [2.24, 2.45) is 0 Å². The number of carbonyl (C=O) groups is 3. The summed E-state index contributed by atoms with van der Waals surface area (Å²) in [5, 5.41) is 2.67. The monoisotopic (exact) mass is 417 g/mol. The van der Waals surface area contributed by atoms with Crippen molar-refractivity contribution >= 4 is 29.0 Å².